The lowest BCUT2D eigenvalue weighted by molar-refractivity contribution is -0.139. The Hall–Kier alpha value is -2.61. The Labute approximate surface area is 208 Å². The number of likely N-dealkylation sites (tertiary alicyclic amines) is 1. The van der Waals surface area contributed by atoms with Gasteiger partial charge in [-0.25, -0.2) is 0 Å². The van der Waals surface area contributed by atoms with Gasteiger partial charge in [0.15, 0.2) is 0 Å². The van der Waals surface area contributed by atoms with Crippen molar-refractivity contribution in [1.82, 2.24) is 9.88 Å². The molecule has 1 atom stereocenters. The molecule has 0 N–H and O–H groups in total. The molecule has 3 aromatic rings. The molecule has 1 aliphatic rings. The number of piperidine rings is 1. The summed E-state index contributed by atoms with van der Waals surface area (Å²) in [4.78, 5) is 6.71. The van der Waals surface area contributed by atoms with Crippen LogP contribution in [0.2, 0.25) is 5.02 Å². The van der Waals surface area contributed by atoms with Crippen LogP contribution < -0.4 is 4.74 Å². The molecule has 35 heavy (non-hydrogen) atoms. The van der Waals surface area contributed by atoms with E-state index in [1.165, 1.54) is 12.1 Å². The number of halogens is 4. The Morgan fingerprint density at radius 3 is 2.37 bits per heavy atom. The van der Waals surface area contributed by atoms with Crippen molar-refractivity contribution >= 4 is 11.6 Å². The summed E-state index contributed by atoms with van der Waals surface area (Å²) in [6.07, 6.45) is -1.03. The third kappa shape index (κ3) is 7.19. The Balaban J connectivity index is 1.25. The molecule has 1 fully saturated rings. The molecule has 0 radical (unpaired) electrons. The normalized spacial score (nSPS) is 16.2. The molecule has 1 aromatic heterocycles. The predicted octanol–water partition coefficient (Wildman–Crippen LogP) is 6.65. The van der Waals surface area contributed by atoms with E-state index in [4.69, 9.17) is 21.1 Å². The SMILES string of the molecule is FC(F)(F)c1ccccc1OCCN1CCC(CO[C@H](c2ccc(Cl)cc2)c2ccccn2)CC1. The van der Waals surface area contributed by atoms with Crippen molar-refractivity contribution in [2.45, 2.75) is 25.1 Å². The molecule has 2 heterocycles. The standard InChI is InChI=1S/C27H28ClF3N2O2/c28-22-10-8-21(9-11-22)26(24-6-3-4-14-32-24)35-19-20-12-15-33(16-13-20)17-18-34-25-7-2-1-5-23(25)27(29,30)31/h1-11,14,20,26H,12-13,15-19H2/t26-/m1/s1. The third-order valence-electron chi connectivity index (χ3n) is 6.19. The van der Waals surface area contributed by atoms with Gasteiger partial charge in [0.05, 0.1) is 17.9 Å². The number of pyridine rings is 1. The summed E-state index contributed by atoms with van der Waals surface area (Å²) in [6, 6.07) is 18.7. The van der Waals surface area contributed by atoms with E-state index in [1.807, 2.05) is 42.5 Å². The second kappa shape index (κ2) is 11.9. The molecule has 0 unspecified atom stereocenters. The average molecular weight is 505 g/mol. The van der Waals surface area contributed by atoms with Crippen LogP contribution in [-0.2, 0) is 10.9 Å². The summed E-state index contributed by atoms with van der Waals surface area (Å²) in [5, 5.41) is 0.673. The highest BCUT2D eigenvalue weighted by Crippen LogP contribution is 2.36. The molecule has 8 heteroatoms. The van der Waals surface area contributed by atoms with Gasteiger partial charge in [0.25, 0.3) is 0 Å². The summed E-state index contributed by atoms with van der Waals surface area (Å²) in [7, 11) is 0. The van der Waals surface area contributed by atoms with Crippen molar-refractivity contribution in [2.24, 2.45) is 5.92 Å². The van der Waals surface area contributed by atoms with Crippen LogP contribution in [0.4, 0.5) is 13.2 Å². The second-order valence-corrected chi connectivity index (χ2v) is 9.08. The highest BCUT2D eigenvalue weighted by molar-refractivity contribution is 6.30. The van der Waals surface area contributed by atoms with Gasteiger partial charge >= 0.3 is 6.18 Å². The zero-order chi connectivity index (χ0) is 24.7. The topological polar surface area (TPSA) is 34.6 Å². The van der Waals surface area contributed by atoms with E-state index in [2.05, 4.69) is 9.88 Å². The summed E-state index contributed by atoms with van der Waals surface area (Å²) in [5.41, 5.74) is 1.12. The number of nitrogens with zero attached hydrogens (tertiary/aromatic N) is 2. The number of alkyl halides is 3. The van der Waals surface area contributed by atoms with Gasteiger partial charge in [0, 0.05) is 17.8 Å². The minimum atomic E-state index is -4.42. The Morgan fingerprint density at radius 1 is 0.971 bits per heavy atom. The molecular formula is C27H28ClF3N2O2. The van der Waals surface area contributed by atoms with Gasteiger partial charge in [-0.1, -0.05) is 41.9 Å². The highest BCUT2D eigenvalue weighted by atomic mass is 35.5. The predicted molar refractivity (Wildman–Crippen MR) is 130 cm³/mol. The lowest BCUT2D eigenvalue weighted by Crippen LogP contribution is -2.37. The van der Waals surface area contributed by atoms with Crippen LogP contribution in [0.5, 0.6) is 5.75 Å². The fraction of sp³-hybridized carbons (Fsp3) is 0.370. The molecule has 0 amide bonds. The van der Waals surface area contributed by atoms with Gasteiger partial charge in [0.2, 0.25) is 0 Å². The number of rotatable bonds is 9. The molecule has 1 aliphatic heterocycles. The van der Waals surface area contributed by atoms with Gasteiger partial charge in [-0.15, -0.1) is 0 Å². The molecule has 4 nitrogen and oxygen atoms in total. The van der Waals surface area contributed by atoms with Gasteiger partial charge in [-0.2, -0.15) is 13.2 Å². The maximum atomic E-state index is 13.1. The highest BCUT2D eigenvalue weighted by Gasteiger charge is 2.34. The maximum Gasteiger partial charge on any atom is 0.419 e. The van der Waals surface area contributed by atoms with Crippen molar-refractivity contribution < 1.29 is 22.6 Å². The molecule has 0 bridgehead atoms. The van der Waals surface area contributed by atoms with Crippen molar-refractivity contribution in [3.63, 3.8) is 0 Å². The molecule has 1 saturated heterocycles. The molecule has 0 saturated carbocycles. The van der Waals surface area contributed by atoms with E-state index in [-0.39, 0.29) is 18.5 Å². The number of aromatic nitrogens is 1. The van der Waals surface area contributed by atoms with Gasteiger partial charge in [-0.05, 0) is 73.8 Å². The monoisotopic (exact) mass is 504 g/mol. The van der Waals surface area contributed by atoms with Crippen LogP contribution in [0, 0.1) is 5.92 Å². The fourth-order valence-corrected chi connectivity index (χ4v) is 4.37. The van der Waals surface area contributed by atoms with Crippen LogP contribution in [-0.4, -0.2) is 42.7 Å². The van der Waals surface area contributed by atoms with Crippen molar-refractivity contribution in [1.29, 1.82) is 0 Å². The number of benzene rings is 2. The van der Waals surface area contributed by atoms with Crippen LogP contribution in [0.15, 0.2) is 72.9 Å². The largest absolute Gasteiger partial charge is 0.492 e. The van der Waals surface area contributed by atoms with Crippen molar-refractivity contribution in [3.05, 3.63) is 94.8 Å². The van der Waals surface area contributed by atoms with Crippen LogP contribution in [0.3, 0.4) is 0 Å². The van der Waals surface area contributed by atoms with E-state index in [9.17, 15) is 13.2 Å². The third-order valence-corrected chi connectivity index (χ3v) is 6.44. The summed E-state index contributed by atoms with van der Waals surface area (Å²) in [6.45, 7) is 3.11. The smallest absolute Gasteiger partial charge is 0.419 e. The Morgan fingerprint density at radius 2 is 1.69 bits per heavy atom. The van der Waals surface area contributed by atoms with Crippen molar-refractivity contribution in [3.8, 4) is 5.75 Å². The number of hydrogen-bond donors (Lipinski definition) is 0. The first-order valence-electron chi connectivity index (χ1n) is 11.7. The van der Waals surface area contributed by atoms with Gasteiger partial charge < -0.3 is 9.47 Å². The van der Waals surface area contributed by atoms with E-state index < -0.39 is 11.7 Å². The molecule has 0 aliphatic carbocycles. The molecule has 4 rings (SSSR count). The van der Waals surface area contributed by atoms with E-state index in [1.54, 1.807) is 12.3 Å². The first-order chi connectivity index (χ1) is 16.9. The molecule has 186 valence electrons. The Kier molecular flexibility index (Phi) is 8.65. The number of para-hydroxylation sites is 1. The zero-order valence-corrected chi connectivity index (χ0v) is 20.0. The maximum absolute atomic E-state index is 13.1. The number of hydrogen-bond acceptors (Lipinski definition) is 4. The lowest BCUT2D eigenvalue weighted by atomic mass is 9.97. The van der Waals surface area contributed by atoms with Gasteiger partial charge in [0.1, 0.15) is 18.5 Å². The fourth-order valence-electron chi connectivity index (χ4n) is 4.24. The van der Waals surface area contributed by atoms with E-state index in [0.717, 1.165) is 43.3 Å². The Bertz CT molecular complexity index is 1060. The minimum absolute atomic E-state index is 0.119. The van der Waals surface area contributed by atoms with Crippen molar-refractivity contribution in [2.75, 3.05) is 32.8 Å². The average Bonchev–Trinajstić information content (AvgIpc) is 2.86. The summed E-state index contributed by atoms with van der Waals surface area (Å²) < 4.78 is 51.2. The summed E-state index contributed by atoms with van der Waals surface area (Å²) >= 11 is 6.05. The first kappa shape index (κ1) is 25.5. The van der Waals surface area contributed by atoms with E-state index in [0.29, 0.717) is 24.1 Å². The van der Waals surface area contributed by atoms with Crippen LogP contribution >= 0.6 is 11.6 Å². The lowest BCUT2D eigenvalue weighted by Gasteiger charge is -2.32. The summed E-state index contributed by atoms with van der Waals surface area (Å²) in [5.74, 6) is 0.280. The number of ether oxygens (including phenoxy) is 2. The van der Waals surface area contributed by atoms with Crippen LogP contribution in [0.25, 0.3) is 0 Å². The first-order valence-corrected chi connectivity index (χ1v) is 12.1. The second-order valence-electron chi connectivity index (χ2n) is 8.65. The van der Waals surface area contributed by atoms with Gasteiger partial charge in [-0.3, -0.25) is 9.88 Å². The molecule has 0 spiro atoms. The molecular weight excluding hydrogens is 477 g/mol. The van der Waals surface area contributed by atoms with Crippen LogP contribution in [0.1, 0.15) is 35.8 Å². The quantitative estimate of drug-likeness (QED) is 0.327. The zero-order valence-electron chi connectivity index (χ0n) is 19.3. The van der Waals surface area contributed by atoms with E-state index >= 15 is 0 Å². The molecule has 2 aromatic carbocycles. The minimum Gasteiger partial charge on any atom is -0.492 e.